The Morgan fingerprint density at radius 1 is 1.24 bits per heavy atom. The lowest BCUT2D eigenvalue weighted by Crippen LogP contribution is -2.36. The molecule has 5 nitrogen and oxygen atoms in total. The molecule has 0 bridgehead atoms. The lowest BCUT2D eigenvalue weighted by molar-refractivity contribution is -0.00647. The fraction of sp³-hybridized carbons (Fsp3) is 0.188. The Kier molecular flexibility index (Phi) is 3.75. The van der Waals surface area contributed by atoms with E-state index in [4.69, 9.17) is 4.74 Å². The molecule has 0 amide bonds. The average molecular weight is 283 g/mol. The van der Waals surface area contributed by atoms with Gasteiger partial charge in [0.15, 0.2) is 0 Å². The van der Waals surface area contributed by atoms with E-state index in [0.717, 1.165) is 32.8 Å². The molecule has 0 aliphatic carbocycles. The van der Waals surface area contributed by atoms with Gasteiger partial charge in [-0.3, -0.25) is 10.3 Å². The van der Waals surface area contributed by atoms with Crippen molar-refractivity contribution in [1.82, 2.24) is 10.0 Å². The quantitative estimate of drug-likeness (QED) is 0.874. The van der Waals surface area contributed by atoms with Crippen molar-refractivity contribution >= 4 is 18.1 Å². The van der Waals surface area contributed by atoms with E-state index in [1.165, 1.54) is 0 Å². The van der Waals surface area contributed by atoms with E-state index in [-0.39, 0.29) is 0 Å². The number of pyridine rings is 1. The van der Waals surface area contributed by atoms with Crippen LogP contribution < -0.4 is 20.6 Å². The third-order valence-corrected chi connectivity index (χ3v) is 3.36. The summed E-state index contributed by atoms with van der Waals surface area (Å²) in [5.74, 6) is 1.63. The molecule has 2 N–H and O–H groups in total. The van der Waals surface area contributed by atoms with Crippen molar-refractivity contribution in [3.8, 4) is 5.75 Å². The number of anilines is 1. The van der Waals surface area contributed by atoms with E-state index in [0.29, 0.717) is 13.1 Å². The molecule has 0 radical (unpaired) electrons. The number of nitrogens with one attached hydrogen (secondary N) is 1. The van der Waals surface area contributed by atoms with Gasteiger partial charge in [-0.2, -0.15) is 0 Å². The summed E-state index contributed by atoms with van der Waals surface area (Å²) in [5, 5.41) is 15.7. The number of rotatable bonds is 4. The molecule has 0 saturated heterocycles. The number of aromatic nitrogens is 1. The number of hydrogen-bond acceptors (Lipinski definition) is 5. The molecule has 0 fully saturated rings. The molecule has 1 aliphatic rings. The highest BCUT2D eigenvalue weighted by atomic mass is 16.5. The summed E-state index contributed by atoms with van der Waals surface area (Å²) >= 11 is 0. The Hall–Kier alpha value is -2.53. The standard InChI is InChI=1S/C16H17N3O2/c1-21-14-5-2-12(3-6-14)10-17-16-7-4-13-8-9-19(20)11-15(13)18-16/h2-8,11,20H,9-10H2,1H3,(H,17,18). The number of benzene rings is 1. The summed E-state index contributed by atoms with van der Waals surface area (Å²) < 4.78 is 5.14. The molecule has 0 unspecified atom stereocenters. The second-order valence-corrected chi connectivity index (χ2v) is 4.83. The lowest BCUT2D eigenvalue weighted by atomic mass is 10.2. The van der Waals surface area contributed by atoms with Crippen LogP contribution in [0.5, 0.6) is 5.75 Å². The number of hydroxylamine groups is 2. The number of hydrogen-bond donors (Lipinski definition) is 2. The Morgan fingerprint density at radius 3 is 2.81 bits per heavy atom. The highest BCUT2D eigenvalue weighted by Gasteiger charge is 2.02. The highest BCUT2D eigenvalue weighted by Crippen LogP contribution is 2.12. The average Bonchev–Trinajstić information content (AvgIpc) is 2.53. The normalized spacial score (nSPS) is 13.0. The van der Waals surface area contributed by atoms with Crippen LogP contribution in [0.1, 0.15) is 5.56 Å². The molecule has 2 heterocycles. The number of ether oxygens (including phenoxy) is 1. The molecule has 2 aromatic rings. The number of fused-ring (bicyclic) bond motifs is 1. The van der Waals surface area contributed by atoms with Gasteiger partial charge in [-0.1, -0.05) is 18.2 Å². The SMILES string of the molecule is COc1ccc(CNc2ccc3c(n2)=CN(O)CC=3)cc1. The van der Waals surface area contributed by atoms with Gasteiger partial charge >= 0.3 is 0 Å². The van der Waals surface area contributed by atoms with Gasteiger partial charge in [0.05, 0.1) is 25.2 Å². The minimum absolute atomic E-state index is 0.493. The molecular weight excluding hydrogens is 266 g/mol. The molecule has 1 aromatic carbocycles. The van der Waals surface area contributed by atoms with Crippen LogP contribution in [0.25, 0.3) is 12.3 Å². The smallest absolute Gasteiger partial charge is 0.126 e. The number of methoxy groups -OCH3 is 1. The van der Waals surface area contributed by atoms with Crippen LogP contribution in [0.15, 0.2) is 36.4 Å². The van der Waals surface area contributed by atoms with Crippen LogP contribution in [-0.2, 0) is 6.54 Å². The Labute approximate surface area is 122 Å². The van der Waals surface area contributed by atoms with Crippen LogP contribution >= 0.6 is 0 Å². The van der Waals surface area contributed by atoms with Gasteiger partial charge in [-0.15, -0.1) is 0 Å². The summed E-state index contributed by atoms with van der Waals surface area (Å²) in [6.45, 7) is 1.18. The molecule has 5 heteroatoms. The third-order valence-electron chi connectivity index (χ3n) is 3.36. The fourth-order valence-corrected chi connectivity index (χ4v) is 2.18. The van der Waals surface area contributed by atoms with Gasteiger partial charge in [-0.05, 0) is 35.0 Å². The van der Waals surface area contributed by atoms with Crippen LogP contribution in [0.2, 0.25) is 0 Å². The topological polar surface area (TPSA) is 57.6 Å². The molecule has 1 aliphatic heterocycles. The molecular formula is C16H17N3O2. The van der Waals surface area contributed by atoms with Crippen LogP contribution in [0.4, 0.5) is 5.82 Å². The summed E-state index contributed by atoms with van der Waals surface area (Å²) in [6, 6.07) is 11.8. The molecule has 108 valence electrons. The van der Waals surface area contributed by atoms with Gasteiger partial charge in [0.2, 0.25) is 0 Å². The Morgan fingerprint density at radius 2 is 2.05 bits per heavy atom. The fourth-order valence-electron chi connectivity index (χ4n) is 2.18. The predicted molar refractivity (Wildman–Crippen MR) is 81.2 cm³/mol. The first-order valence-corrected chi connectivity index (χ1v) is 6.76. The number of nitrogens with zero attached hydrogens (tertiary/aromatic N) is 2. The largest absolute Gasteiger partial charge is 0.497 e. The first kappa shape index (κ1) is 13.5. The summed E-state index contributed by atoms with van der Waals surface area (Å²) in [6.07, 6.45) is 3.57. The van der Waals surface area contributed by atoms with Crippen LogP contribution in [0, 0.1) is 0 Å². The zero-order chi connectivity index (χ0) is 14.7. The van der Waals surface area contributed by atoms with E-state index in [1.807, 2.05) is 42.5 Å². The predicted octanol–water partition coefficient (Wildman–Crippen LogP) is 0.926. The highest BCUT2D eigenvalue weighted by molar-refractivity contribution is 5.42. The lowest BCUT2D eigenvalue weighted by Gasteiger charge is -2.13. The summed E-state index contributed by atoms with van der Waals surface area (Å²) in [4.78, 5) is 4.49. The van der Waals surface area contributed by atoms with Gasteiger partial charge in [0, 0.05) is 6.54 Å². The van der Waals surface area contributed by atoms with Gasteiger partial charge in [-0.25, -0.2) is 4.98 Å². The molecule has 3 rings (SSSR count). The first-order valence-electron chi connectivity index (χ1n) is 6.76. The maximum atomic E-state index is 9.48. The minimum atomic E-state index is 0.493. The van der Waals surface area contributed by atoms with Crippen LogP contribution in [0.3, 0.4) is 0 Å². The molecule has 21 heavy (non-hydrogen) atoms. The second-order valence-electron chi connectivity index (χ2n) is 4.83. The van der Waals surface area contributed by atoms with E-state index in [9.17, 15) is 5.21 Å². The van der Waals surface area contributed by atoms with Crippen molar-refractivity contribution < 1.29 is 9.94 Å². The molecule has 0 saturated carbocycles. The summed E-state index contributed by atoms with van der Waals surface area (Å²) in [7, 11) is 1.66. The summed E-state index contributed by atoms with van der Waals surface area (Å²) in [5.41, 5.74) is 1.15. The van der Waals surface area contributed by atoms with E-state index >= 15 is 0 Å². The Balaban J connectivity index is 1.74. The zero-order valence-electron chi connectivity index (χ0n) is 11.8. The van der Waals surface area contributed by atoms with Crippen molar-refractivity contribution in [3.63, 3.8) is 0 Å². The maximum absolute atomic E-state index is 9.48. The van der Waals surface area contributed by atoms with Crippen molar-refractivity contribution in [1.29, 1.82) is 0 Å². The second kappa shape index (κ2) is 5.85. The molecule has 1 aromatic heterocycles. The molecule has 0 atom stereocenters. The maximum Gasteiger partial charge on any atom is 0.126 e. The van der Waals surface area contributed by atoms with Crippen molar-refractivity contribution in [2.24, 2.45) is 0 Å². The van der Waals surface area contributed by atoms with Crippen LogP contribution in [-0.4, -0.2) is 28.9 Å². The van der Waals surface area contributed by atoms with Gasteiger partial charge in [0.1, 0.15) is 11.6 Å². The van der Waals surface area contributed by atoms with E-state index in [1.54, 1.807) is 13.3 Å². The van der Waals surface area contributed by atoms with E-state index in [2.05, 4.69) is 10.3 Å². The van der Waals surface area contributed by atoms with E-state index < -0.39 is 0 Å². The van der Waals surface area contributed by atoms with Crippen molar-refractivity contribution in [2.75, 3.05) is 19.0 Å². The Bertz CT molecular complexity index is 741. The van der Waals surface area contributed by atoms with Gasteiger partial charge in [0.25, 0.3) is 0 Å². The first-order chi connectivity index (χ1) is 10.2. The molecule has 0 spiro atoms. The van der Waals surface area contributed by atoms with Gasteiger partial charge < -0.3 is 10.1 Å². The third kappa shape index (κ3) is 3.14. The monoisotopic (exact) mass is 283 g/mol. The minimum Gasteiger partial charge on any atom is -0.497 e. The zero-order valence-corrected chi connectivity index (χ0v) is 11.8. The van der Waals surface area contributed by atoms with Crippen molar-refractivity contribution in [2.45, 2.75) is 6.54 Å². The van der Waals surface area contributed by atoms with Crippen molar-refractivity contribution in [3.05, 3.63) is 52.5 Å².